The van der Waals surface area contributed by atoms with Crippen LogP contribution in [0.25, 0.3) is 0 Å². The number of piperidine rings is 2. The molecule has 3 heterocycles. The van der Waals surface area contributed by atoms with E-state index in [-0.39, 0.29) is 6.04 Å². The van der Waals surface area contributed by atoms with Gasteiger partial charge in [-0.15, -0.1) is 0 Å². The lowest BCUT2D eigenvalue weighted by Gasteiger charge is -2.48. The molecule has 2 aliphatic heterocycles. The van der Waals surface area contributed by atoms with Gasteiger partial charge in [-0.05, 0) is 49.6 Å². The highest BCUT2D eigenvalue weighted by Gasteiger charge is 2.50. The van der Waals surface area contributed by atoms with Crippen molar-refractivity contribution in [3.8, 4) is 5.75 Å². The van der Waals surface area contributed by atoms with Crippen LogP contribution in [0, 0.1) is 5.41 Å². The van der Waals surface area contributed by atoms with E-state index in [1.54, 1.807) is 13.3 Å². The van der Waals surface area contributed by atoms with Crippen LogP contribution >= 0.6 is 0 Å². The molecule has 2 fully saturated rings. The Morgan fingerprint density at radius 3 is 3.07 bits per heavy atom. The Kier molecular flexibility index (Phi) is 5.37. The van der Waals surface area contributed by atoms with Gasteiger partial charge in [0, 0.05) is 43.6 Å². The number of carboxylic acid groups (broad SMARTS) is 1. The molecule has 2 aromatic rings. The number of nitrogens with zero attached hydrogens (tertiary/aromatic N) is 3. The molecule has 7 nitrogen and oxygen atoms in total. The van der Waals surface area contributed by atoms with Crippen LogP contribution in [0.2, 0.25) is 0 Å². The summed E-state index contributed by atoms with van der Waals surface area (Å²) in [6, 6.07) is 8.21. The van der Waals surface area contributed by atoms with Crippen LogP contribution in [0.15, 0.2) is 36.7 Å². The predicted octanol–water partition coefficient (Wildman–Crippen LogP) is 1.97. The minimum Gasteiger partial charge on any atom is -0.496 e. The zero-order valence-corrected chi connectivity index (χ0v) is 16.3. The summed E-state index contributed by atoms with van der Waals surface area (Å²) in [6.45, 7) is 3.83. The molecule has 0 radical (unpaired) electrons. The van der Waals surface area contributed by atoms with Gasteiger partial charge in [0.05, 0.1) is 19.1 Å². The Balaban J connectivity index is 1.51. The number of hydrogen-bond acceptors (Lipinski definition) is 5. The topological polar surface area (TPSA) is 79.6 Å². The van der Waals surface area contributed by atoms with E-state index >= 15 is 0 Å². The summed E-state index contributed by atoms with van der Waals surface area (Å²) >= 11 is 0. The smallest absolute Gasteiger partial charge is 0.312 e. The molecule has 2 saturated heterocycles. The Labute approximate surface area is 165 Å². The maximum absolute atomic E-state index is 12.1. The predicted molar refractivity (Wildman–Crippen MR) is 105 cm³/mol. The molecule has 2 aliphatic rings. The fourth-order valence-electron chi connectivity index (χ4n) is 4.75. The molecule has 2 N–H and O–H groups in total. The van der Waals surface area contributed by atoms with Gasteiger partial charge in [-0.1, -0.05) is 6.07 Å². The summed E-state index contributed by atoms with van der Waals surface area (Å²) in [6.07, 6.45) is 6.26. The first-order chi connectivity index (χ1) is 13.6. The van der Waals surface area contributed by atoms with Crippen LogP contribution in [0.1, 0.15) is 30.4 Å². The second kappa shape index (κ2) is 7.93. The van der Waals surface area contributed by atoms with Crippen LogP contribution in [-0.4, -0.2) is 58.5 Å². The first-order valence-corrected chi connectivity index (χ1v) is 9.93. The van der Waals surface area contributed by atoms with Gasteiger partial charge < -0.3 is 15.2 Å². The second-order valence-corrected chi connectivity index (χ2v) is 7.92. The number of likely N-dealkylation sites (tertiary alicyclic amines) is 1. The van der Waals surface area contributed by atoms with Gasteiger partial charge in [0.1, 0.15) is 5.75 Å². The number of carbonyl (C=O) groups is 1. The molecule has 0 saturated carbocycles. The maximum atomic E-state index is 12.1. The summed E-state index contributed by atoms with van der Waals surface area (Å²) in [5.41, 5.74) is 1.58. The van der Waals surface area contributed by atoms with E-state index in [1.807, 2.05) is 23.0 Å². The van der Waals surface area contributed by atoms with Gasteiger partial charge in [-0.25, -0.2) is 0 Å². The lowest BCUT2D eigenvalue weighted by molar-refractivity contribution is -0.157. The molecular weight excluding hydrogens is 356 g/mol. The van der Waals surface area contributed by atoms with Crippen molar-refractivity contribution < 1.29 is 14.6 Å². The lowest BCUT2D eigenvalue weighted by Crippen LogP contribution is -2.62. The minimum atomic E-state index is -0.666. The van der Waals surface area contributed by atoms with E-state index in [9.17, 15) is 9.90 Å². The third-order valence-electron chi connectivity index (χ3n) is 6.17. The second-order valence-electron chi connectivity index (χ2n) is 7.92. The quantitative estimate of drug-likeness (QED) is 0.793. The van der Waals surface area contributed by atoms with Crippen molar-refractivity contribution in [2.24, 2.45) is 5.41 Å². The first kappa shape index (κ1) is 19.0. The molecule has 0 spiro atoms. The molecular formula is C21H28N4O3. The fourth-order valence-corrected chi connectivity index (χ4v) is 4.75. The van der Waals surface area contributed by atoms with Gasteiger partial charge in [0.15, 0.2) is 0 Å². The summed E-state index contributed by atoms with van der Waals surface area (Å²) in [7, 11) is 1.68. The number of aromatic nitrogens is 2. The average Bonchev–Trinajstić information content (AvgIpc) is 3.21. The number of nitrogens with one attached hydrogen (secondary N) is 1. The molecule has 0 aliphatic carbocycles. The molecule has 0 amide bonds. The third-order valence-corrected chi connectivity index (χ3v) is 6.17. The monoisotopic (exact) mass is 384 g/mol. The minimum absolute atomic E-state index is 0.0845. The Bertz CT molecular complexity index is 823. The molecule has 2 atom stereocenters. The molecule has 4 rings (SSSR count). The van der Waals surface area contributed by atoms with Gasteiger partial charge >= 0.3 is 5.97 Å². The van der Waals surface area contributed by atoms with Crippen molar-refractivity contribution in [1.29, 1.82) is 0 Å². The van der Waals surface area contributed by atoms with Crippen molar-refractivity contribution in [3.63, 3.8) is 0 Å². The third kappa shape index (κ3) is 3.64. The normalized spacial score (nSPS) is 25.2. The molecule has 150 valence electrons. The number of methoxy groups -OCH3 is 1. The Morgan fingerprint density at radius 1 is 1.43 bits per heavy atom. The van der Waals surface area contributed by atoms with Crippen LogP contribution < -0.4 is 10.1 Å². The Hall–Kier alpha value is -2.38. The standard InChI is InChI=1S/C21H28N4O3/c1-28-18-5-4-16(12-17(18)14-25-10-3-9-23-25)13-24-11-6-19-21(15-24,20(26)27)7-2-8-22-19/h3-5,9-10,12,19,22H,2,6-8,11,13-15H2,1H3,(H,26,27)/t19-,21+/m1/s1. The van der Waals surface area contributed by atoms with Crippen molar-refractivity contribution >= 4 is 5.97 Å². The van der Waals surface area contributed by atoms with Gasteiger partial charge in [0.25, 0.3) is 0 Å². The van der Waals surface area contributed by atoms with E-state index in [2.05, 4.69) is 27.4 Å². The lowest BCUT2D eigenvalue weighted by atomic mass is 9.70. The molecule has 28 heavy (non-hydrogen) atoms. The van der Waals surface area contributed by atoms with Gasteiger partial charge in [-0.2, -0.15) is 5.10 Å². The van der Waals surface area contributed by atoms with Crippen LogP contribution in [-0.2, 0) is 17.9 Å². The largest absolute Gasteiger partial charge is 0.496 e. The first-order valence-electron chi connectivity index (χ1n) is 9.93. The number of hydrogen-bond donors (Lipinski definition) is 2. The maximum Gasteiger partial charge on any atom is 0.312 e. The number of fused-ring (bicyclic) bond motifs is 1. The Morgan fingerprint density at radius 2 is 2.32 bits per heavy atom. The number of ether oxygens (including phenoxy) is 1. The summed E-state index contributed by atoms with van der Waals surface area (Å²) in [4.78, 5) is 14.4. The highest BCUT2D eigenvalue weighted by Crippen LogP contribution is 2.38. The zero-order valence-electron chi connectivity index (χ0n) is 16.3. The summed E-state index contributed by atoms with van der Waals surface area (Å²) in [5.74, 6) is 0.181. The van der Waals surface area contributed by atoms with E-state index < -0.39 is 11.4 Å². The molecule has 0 unspecified atom stereocenters. The van der Waals surface area contributed by atoms with Crippen molar-refractivity contribution in [1.82, 2.24) is 20.0 Å². The van der Waals surface area contributed by atoms with E-state index in [1.165, 1.54) is 5.56 Å². The SMILES string of the molecule is COc1ccc(CN2CC[C@H]3NCCC[C@]3(C(=O)O)C2)cc1Cn1cccn1. The highest BCUT2D eigenvalue weighted by molar-refractivity contribution is 5.76. The van der Waals surface area contributed by atoms with Crippen LogP contribution in [0.3, 0.4) is 0 Å². The zero-order chi connectivity index (χ0) is 19.6. The number of benzene rings is 1. The van der Waals surface area contributed by atoms with Crippen molar-refractivity contribution in [2.45, 2.75) is 38.4 Å². The van der Waals surface area contributed by atoms with Crippen LogP contribution in [0.5, 0.6) is 5.75 Å². The molecule has 1 aromatic carbocycles. The van der Waals surface area contributed by atoms with Gasteiger partial charge in [0.2, 0.25) is 0 Å². The summed E-state index contributed by atoms with van der Waals surface area (Å²) in [5, 5.41) is 17.7. The van der Waals surface area contributed by atoms with E-state index in [4.69, 9.17) is 4.74 Å². The average molecular weight is 384 g/mol. The van der Waals surface area contributed by atoms with E-state index in [0.717, 1.165) is 50.2 Å². The molecule has 7 heteroatoms. The molecule has 0 bridgehead atoms. The van der Waals surface area contributed by atoms with Crippen LogP contribution in [0.4, 0.5) is 0 Å². The highest BCUT2D eigenvalue weighted by atomic mass is 16.5. The van der Waals surface area contributed by atoms with Crippen molar-refractivity contribution in [2.75, 3.05) is 26.7 Å². The fraction of sp³-hybridized carbons (Fsp3) is 0.524. The van der Waals surface area contributed by atoms with Gasteiger partial charge in [-0.3, -0.25) is 14.4 Å². The number of rotatable bonds is 6. The number of carboxylic acids is 1. The summed E-state index contributed by atoms with van der Waals surface area (Å²) < 4.78 is 7.39. The van der Waals surface area contributed by atoms with Crippen molar-refractivity contribution in [3.05, 3.63) is 47.8 Å². The number of aliphatic carboxylic acids is 1. The van der Waals surface area contributed by atoms with E-state index in [0.29, 0.717) is 13.1 Å². The molecule has 1 aromatic heterocycles.